The molecular weight excluding hydrogens is 357 g/mol. The van der Waals surface area contributed by atoms with E-state index < -0.39 is 6.04 Å². The molecule has 2 aromatic carbocycles. The van der Waals surface area contributed by atoms with Gasteiger partial charge in [0.2, 0.25) is 11.8 Å². The van der Waals surface area contributed by atoms with Crippen molar-refractivity contribution in [1.29, 1.82) is 0 Å². The zero-order valence-electron chi connectivity index (χ0n) is 14.6. The maximum Gasteiger partial charge on any atom is 0.238 e. The van der Waals surface area contributed by atoms with Crippen molar-refractivity contribution >= 4 is 29.1 Å². The number of amides is 2. The minimum Gasteiger partial charge on any atom is -0.351 e. The second-order valence-electron chi connectivity index (χ2n) is 5.99. The third-order valence-corrected chi connectivity index (χ3v) is 4.16. The minimum atomic E-state index is -0.499. The molecule has 0 unspecified atom stereocenters. The fourth-order valence-electron chi connectivity index (χ4n) is 2.27. The molecule has 2 N–H and O–H groups in total. The van der Waals surface area contributed by atoms with Crippen LogP contribution in [0.15, 0.2) is 48.5 Å². The predicted molar refractivity (Wildman–Crippen MR) is 100 cm³/mol. The van der Waals surface area contributed by atoms with Gasteiger partial charge in [0.05, 0.1) is 12.6 Å². The number of benzene rings is 2. The van der Waals surface area contributed by atoms with Crippen LogP contribution in [0.25, 0.3) is 0 Å². The smallest absolute Gasteiger partial charge is 0.238 e. The minimum absolute atomic E-state index is 0.0532. The average molecular weight is 378 g/mol. The summed E-state index contributed by atoms with van der Waals surface area (Å²) >= 11 is 5.88. The summed E-state index contributed by atoms with van der Waals surface area (Å²) in [6.07, 6.45) is 0. The second-order valence-corrected chi connectivity index (χ2v) is 6.43. The van der Waals surface area contributed by atoms with Gasteiger partial charge in [-0.2, -0.15) is 0 Å². The molecule has 7 heteroatoms. The Labute approximate surface area is 157 Å². The van der Waals surface area contributed by atoms with Gasteiger partial charge in [0.1, 0.15) is 5.82 Å². The van der Waals surface area contributed by atoms with Crippen LogP contribution in [0.2, 0.25) is 5.02 Å². The highest BCUT2D eigenvalue weighted by Crippen LogP contribution is 2.14. The van der Waals surface area contributed by atoms with Gasteiger partial charge in [-0.3, -0.25) is 14.5 Å². The molecule has 0 radical (unpaired) electrons. The summed E-state index contributed by atoms with van der Waals surface area (Å²) in [5, 5.41) is 6.05. The molecule has 2 amide bonds. The van der Waals surface area contributed by atoms with Crippen LogP contribution in [-0.2, 0) is 16.1 Å². The fraction of sp³-hybridized carbons (Fsp3) is 0.263. The molecule has 0 saturated carbocycles. The summed E-state index contributed by atoms with van der Waals surface area (Å²) in [7, 11) is 1.69. The molecule has 0 fully saturated rings. The second kappa shape index (κ2) is 9.31. The first-order valence-corrected chi connectivity index (χ1v) is 8.51. The average Bonchev–Trinajstić information content (AvgIpc) is 2.60. The van der Waals surface area contributed by atoms with E-state index in [1.165, 1.54) is 12.1 Å². The first-order chi connectivity index (χ1) is 12.3. The Balaban J connectivity index is 1.81. The van der Waals surface area contributed by atoms with E-state index in [4.69, 9.17) is 11.6 Å². The van der Waals surface area contributed by atoms with E-state index in [9.17, 15) is 14.0 Å². The normalized spacial score (nSPS) is 11.9. The molecule has 2 aromatic rings. The van der Waals surface area contributed by atoms with Gasteiger partial charge < -0.3 is 10.6 Å². The molecular formula is C19H21ClFN3O2. The van der Waals surface area contributed by atoms with Crippen molar-refractivity contribution in [2.45, 2.75) is 19.5 Å². The summed E-state index contributed by atoms with van der Waals surface area (Å²) in [5.41, 5.74) is 1.40. The van der Waals surface area contributed by atoms with Crippen LogP contribution in [0.3, 0.4) is 0 Å². The Kier molecular flexibility index (Phi) is 7.12. The Morgan fingerprint density at radius 3 is 2.54 bits per heavy atom. The van der Waals surface area contributed by atoms with E-state index in [0.717, 1.165) is 5.56 Å². The summed E-state index contributed by atoms with van der Waals surface area (Å²) in [6.45, 7) is 2.07. The third kappa shape index (κ3) is 6.13. The Bertz CT molecular complexity index is 768. The van der Waals surface area contributed by atoms with Crippen molar-refractivity contribution in [3.63, 3.8) is 0 Å². The molecule has 0 bridgehead atoms. The van der Waals surface area contributed by atoms with Gasteiger partial charge in [-0.25, -0.2) is 4.39 Å². The van der Waals surface area contributed by atoms with Crippen LogP contribution in [-0.4, -0.2) is 36.3 Å². The summed E-state index contributed by atoms with van der Waals surface area (Å²) in [5.74, 6) is -0.778. The molecule has 1 atom stereocenters. The number of rotatable bonds is 7. The van der Waals surface area contributed by atoms with E-state index in [1.807, 2.05) is 0 Å². The maximum absolute atomic E-state index is 12.9. The first-order valence-electron chi connectivity index (χ1n) is 8.13. The molecule has 0 spiro atoms. The lowest BCUT2D eigenvalue weighted by atomic mass is 10.2. The fourth-order valence-corrected chi connectivity index (χ4v) is 2.46. The quantitative estimate of drug-likeness (QED) is 0.779. The van der Waals surface area contributed by atoms with E-state index >= 15 is 0 Å². The lowest BCUT2D eigenvalue weighted by Gasteiger charge is -2.23. The van der Waals surface area contributed by atoms with Gasteiger partial charge in [-0.1, -0.05) is 29.8 Å². The van der Waals surface area contributed by atoms with Crippen LogP contribution in [0.4, 0.5) is 10.1 Å². The van der Waals surface area contributed by atoms with Gasteiger partial charge in [0.15, 0.2) is 0 Å². The van der Waals surface area contributed by atoms with Crippen LogP contribution in [0.1, 0.15) is 12.5 Å². The highest BCUT2D eigenvalue weighted by molar-refractivity contribution is 6.30. The number of carbonyl (C=O) groups is 2. The van der Waals surface area contributed by atoms with E-state index in [2.05, 4.69) is 10.6 Å². The summed E-state index contributed by atoms with van der Waals surface area (Å²) < 4.78 is 12.9. The summed E-state index contributed by atoms with van der Waals surface area (Å²) in [4.78, 5) is 26.0. The number of nitrogens with zero attached hydrogens (tertiary/aromatic N) is 1. The van der Waals surface area contributed by atoms with Crippen molar-refractivity contribution < 1.29 is 14.0 Å². The first kappa shape index (κ1) is 19.9. The molecule has 0 aliphatic rings. The Morgan fingerprint density at radius 2 is 1.88 bits per heavy atom. The molecule has 0 aliphatic heterocycles. The maximum atomic E-state index is 12.9. The Morgan fingerprint density at radius 1 is 1.19 bits per heavy atom. The number of anilines is 1. The Hall–Kier alpha value is -2.44. The van der Waals surface area contributed by atoms with Gasteiger partial charge in [0, 0.05) is 17.3 Å². The topological polar surface area (TPSA) is 61.4 Å². The number of nitrogens with one attached hydrogen (secondary N) is 2. The van der Waals surface area contributed by atoms with Gasteiger partial charge in [-0.15, -0.1) is 0 Å². The lowest BCUT2D eigenvalue weighted by molar-refractivity contribution is -0.126. The zero-order chi connectivity index (χ0) is 19.1. The van der Waals surface area contributed by atoms with Crippen LogP contribution < -0.4 is 10.6 Å². The summed E-state index contributed by atoms with van der Waals surface area (Å²) in [6, 6.07) is 12.3. The van der Waals surface area contributed by atoms with Crippen molar-refractivity contribution in [3.05, 3.63) is 64.9 Å². The van der Waals surface area contributed by atoms with Crippen molar-refractivity contribution in [2.24, 2.45) is 0 Å². The zero-order valence-corrected chi connectivity index (χ0v) is 15.4. The van der Waals surface area contributed by atoms with Crippen molar-refractivity contribution in [1.82, 2.24) is 10.2 Å². The monoisotopic (exact) mass is 377 g/mol. The predicted octanol–water partition coefficient (Wildman–Crippen LogP) is 3.05. The molecule has 2 rings (SSSR count). The molecule has 0 aromatic heterocycles. The number of halogens is 2. The standard InChI is InChI=1S/C19H21ClFN3O2/c1-13(19(26)22-11-14-6-8-16(21)9-7-14)24(2)12-18(25)23-17-5-3-4-15(20)10-17/h3-10,13H,11-12H2,1-2H3,(H,22,26)(H,23,25)/t13-/m1/s1. The molecule has 138 valence electrons. The van der Waals surface area contributed by atoms with Crippen LogP contribution in [0, 0.1) is 5.82 Å². The number of hydrogen-bond acceptors (Lipinski definition) is 3. The number of likely N-dealkylation sites (N-methyl/N-ethyl adjacent to an activating group) is 1. The largest absolute Gasteiger partial charge is 0.351 e. The van der Waals surface area contributed by atoms with Crippen LogP contribution in [0.5, 0.6) is 0 Å². The number of carbonyl (C=O) groups excluding carboxylic acids is 2. The number of hydrogen-bond donors (Lipinski definition) is 2. The highest BCUT2D eigenvalue weighted by atomic mass is 35.5. The van der Waals surface area contributed by atoms with E-state index in [0.29, 0.717) is 17.3 Å². The van der Waals surface area contributed by atoms with E-state index in [1.54, 1.807) is 55.3 Å². The van der Waals surface area contributed by atoms with Crippen molar-refractivity contribution in [3.8, 4) is 0 Å². The van der Waals surface area contributed by atoms with Gasteiger partial charge >= 0.3 is 0 Å². The van der Waals surface area contributed by atoms with Gasteiger partial charge in [-0.05, 0) is 49.9 Å². The molecule has 0 saturated heterocycles. The van der Waals surface area contributed by atoms with E-state index in [-0.39, 0.29) is 24.2 Å². The van der Waals surface area contributed by atoms with Crippen molar-refractivity contribution in [2.75, 3.05) is 18.9 Å². The molecule has 5 nitrogen and oxygen atoms in total. The molecule has 0 aliphatic carbocycles. The molecule has 26 heavy (non-hydrogen) atoms. The van der Waals surface area contributed by atoms with Gasteiger partial charge in [0.25, 0.3) is 0 Å². The highest BCUT2D eigenvalue weighted by Gasteiger charge is 2.20. The third-order valence-electron chi connectivity index (χ3n) is 3.92. The van der Waals surface area contributed by atoms with Crippen LogP contribution >= 0.6 is 11.6 Å². The molecule has 0 heterocycles. The lowest BCUT2D eigenvalue weighted by Crippen LogP contribution is -2.45. The SMILES string of the molecule is C[C@H](C(=O)NCc1ccc(F)cc1)N(C)CC(=O)Nc1cccc(Cl)c1.